The van der Waals surface area contributed by atoms with E-state index in [4.69, 9.17) is 4.52 Å². The topological polar surface area (TPSA) is 90.0 Å². The van der Waals surface area contributed by atoms with Crippen molar-refractivity contribution in [3.05, 3.63) is 51.6 Å². The number of aryl methyl sites for hydroxylation is 2. The highest BCUT2D eigenvalue weighted by Gasteiger charge is 2.20. The summed E-state index contributed by atoms with van der Waals surface area (Å²) < 4.78 is 6.42. The molecule has 1 aromatic carbocycles. The van der Waals surface area contributed by atoms with Crippen LogP contribution in [-0.2, 0) is 19.9 Å². The second-order valence-corrected chi connectivity index (χ2v) is 5.42. The first-order valence-electron chi connectivity index (χ1n) is 7.81. The Balaban J connectivity index is 2.06. The molecule has 0 saturated carbocycles. The molecule has 7 nitrogen and oxygen atoms in total. The Hall–Kier alpha value is -2.96. The van der Waals surface area contributed by atoms with Gasteiger partial charge in [0.15, 0.2) is 5.69 Å². The zero-order chi connectivity index (χ0) is 17.3. The summed E-state index contributed by atoms with van der Waals surface area (Å²) in [5, 5.41) is 11.8. The number of hydrogen-bond acceptors (Lipinski definition) is 5. The van der Waals surface area contributed by atoms with Gasteiger partial charge in [0.25, 0.3) is 11.5 Å². The predicted octanol–water partition coefficient (Wildman–Crippen LogP) is 2.30. The zero-order valence-electron chi connectivity index (χ0n) is 13.8. The Morgan fingerprint density at radius 3 is 2.58 bits per heavy atom. The fourth-order valence-electron chi connectivity index (χ4n) is 2.71. The molecule has 0 radical (unpaired) electrons. The molecule has 0 bridgehead atoms. The monoisotopic (exact) mass is 326 g/mol. The predicted molar refractivity (Wildman–Crippen MR) is 90.2 cm³/mol. The maximum absolute atomic E-state index is 12.7. The Morgan fingerprint density at radius 1 is 1.21 bits per heavy atom. The molecule has 1 N–H and O–H groups in total. The number of carbonyl (C=O) groups is 1. The maximum atomic E-state index is 12.7. The van der Waals surface area contributed by atoms with Gasteiger partial charge in [0.2, 0.25) is 5.88 Å². The molecule has 0 atom stereocenters. The molecule has 0 spiro atoms. The van der Waals surface area contributed by atoms with Gasteiger partial charge in [-0.3, -0.25) is 14.9 Å². The van der Waals surface area contributed by atoms with Gasteiger partial charge in [-0.25, -0.2) is 4.68 Å². The molecule has 0 aliphatic heterocycles. The normalized spacial score (nSPS) is 11.0. The van der Waals surface area contributed by atoms with Crippen LogP contribution in [0, 0.1) is 0 Å². The highest BCUT2D eigenvalue weighted by molar-refractivity contribution is 6.10. The number of nitrogens with zero attached hydrogens (tertiary/aromatic N) is 3. The smallest absolute Gasteiger partial charge is 0.279 e. The van der Waals surface area contributed by atoms with Crippen LogP contribution in [0.3, 0.4) is 0 Å². The number of aromatic nitrogens is 3. The molecule has 1 amide bonds. The van der Waals surface area contributed by atoms with Crippen LogP contribution >= 0.6 is 0 Å². The molecule has 0 aliphatic rings. The molecule has 0 unspecified atom stereocenters. The van der Waals surface area contributed by atoms with Crippen molar-refractivity contribution in [2.45, 2.75) is 26.7 Å². The van der Waals surface area contributed by atoms with Crippen molar-refractivity contribution in [3.63, 3.8) is 0 Å². The summed E-state index contributed by atoms with van der Waals surface area (Å²) in [7, 11) is 1.52. The Bertz CT molecular complexity index is 972. The van der Waals surface area contributed by atoms with E-state index in [1.54, 1.807) is 24.3 Å². The van der Waals surface area contributed by atoms with Gasteiger partial charge < -0.3 is 4.52 Å². The van der Waals surface area contributed by atoms with Gasteiger partial charge in [-0.1, -0.05) is 37.2 Å². The van der Waals surface area contributed by atoms with Crippen LogP contribution in [0.2, 0.25) is 0 Å². The van der Waals surface area contributed by atoms with Crippen molar-refractivity contribution in [1.82, 2.24) is 14.9 Å². The van der Waals surface area contributed by atoms with Gasteiger partial charge in [0.05, 0.1) is 11.1 Å². The van der Waals surface area contributed by atoms with Crippen LogP contribution in [-0.4, -0.2) is 20.8 Å². The van der Waals surface area contributed by atoms with Crippen molar-refractivity contribution < 1.29 is 9.32 Å². The van der Waals surface area contributed by atoms with E-state index in [9.17, 15) is 9.59 Å². The molecule has 124 valence electrons. The molecule has 0 aliphatic carbocycles. The van der Waals surface area contributed by atoms with E-state index in [2.05, 4.69) is 15.6 Å². The molecular weight excluding hydrogens is 308 g/mol. The summed E-state index contributed by atoms with van der Waals surface area (Å²) in [6.07, 6.45) is 1.42. The third-order valence-electron chi connectivity index (χ3n) is 3.96. The molecule has 0 fully saturated rings. The summed E-state index contributed by atoms with van der Waals surface area (Å²) in [4.78, 5) is 24.8. The van der Waals surface area contributed by atoms with E-state index in [0.717, 1.165) is 22.4 Å². The minimum absolute atomic E-state index is 0.171. The third kappa shape index (κ3) is 2.58. The first-order valence-corrected chi connectivity index (χ1v) is 7.81. The molecule has 7 heteroatoms. The zero-order valence-corrected chi connectivity index (χ0v) is 13.8. The molecule has 3 rings (SSSR count). The average Bonchev–Trinajstić information content (AvgIpc) is 2.99. The first-order chi connectivity index (χ1) is 11.6. The van der Waals surface area contributed by atoms with Gasteiger partial charge in [-0.2, -0.15) is 5.10 Å². The molecule has 0 saturated heterocycles. The van der Waals surface area contributed by atoms with E-state index >= 15 is 0 Å². The second-order valence-electron chi connectivity index (χ2n) is 5.42. The molecule has 2 heterocycles. The molecular formula is C17H18N4O3. The summed E-state index contributed by atoms with van der Waals surface area (Å²) in [5.74, 6) is -0.102. The lowest BCUT2D eigenvalue weighted by Gasteiger charge is -2.08. The van der Waals surface area contributed by atoms with Crippen LogP contribution in [0.1, 0.15) is 35.6 Å². The minimum atomic E-state index is -0.435. The number of nitrogens with one attached hydrogen (secondary N) is 1. The summed E-state index contributed by atoms with van der Waals surface area (Å²) >= 11 is 0. The van der Waals surface area contributed by atoms with Gasteiger partial charge in [-0.05, 0) is 18.9 Å². The van der Waals surface area contributed by atoms with Crippen LogP contribution in [0.25, 0.3) is 10.8 Å². The highest BCUT2D eigenvalue weighted by Crippen LogP contribution is 2.22. The summed E-state index contributed by atoms with van der Waals surface area (Å²) in [6, 6.07) is 6.90. The third-order valence-corrected chi connectivity index (χ3v) is 3.96. The highest BCUT2D eigenvalue weighted by atomic mass is 16.5. The Labute approximate surface area is 138 Å². The van der Waals surface area contributed by atoms with Crippen LogP contribution in [0.4, 0.5) is 5.88 Å². The van der Waals surface area contributed by atoms with Crippen LogP contribution < -0.4 is 10.9 Å². The van der Waals surface area contributed by atoms with Gasteiger partial charge >= 0.3 is 0 Å². The lowest BCUT2D eigenvalue weighted by Crippen LogP contribution is -2.25. The molecule has 2 aromatic heterocycles. The number of hydrogen-bond donors (Lipinski definition) is 1. The van der Waals surface area contributed by atoms with Crippen LogP contribution in [0.15, 0.2) is 33.6 Å². The Morgan fingerprint density at radius 2 is 1.92 bits per heavy atom. The van der Waals surface area contributed by atoms with Gasteiger partial charge in [-0.15, -0.1) is 0 Å². The molecule has 3 aromatic rings. The average molecular weight is 326 g/mol. The Kier molecular flexibility index (Phi) is 4.16. The van der Waals surface area contributed by atoms with Crippen LogP contribution in [0.5, 0.6) is 0 Å². The summed E-state index contributed by atoms with van der Waals surface area (Å²) in [5.41, 5.74) is 1.62. The second kappa shape index (κ2) is 6.27. The summed E-state index contributed by atoms with van der Waals surface area (Å²) in [6.45, 7) is 3.95. The molecule has 24 heavy (non-hydrogen) atoms. The van der Waals surface area contributed by atoms with E-state index in [1.165, 1.54) is 7.05 Å². The lowest BCUT2D eigenvalue weighted by molar-refractivity contribution is 0.101. The fourth-order valence-corrected chi connectivity index (χ4v) is 2.71. The van der Waals surface area contributed by atoms with Crippen molar-refractivity contribution in [2.24, 2.45) is 7.05 Å². The largest absolute Gasteiger partial charge is 0.338 e. The van der Waals surface area contributed by atoms with Crippen molar-refractivity contribution in [1.29, 1.82) is 0 Å². The van der Waals surface area contributed by atoms with Gasteiger partial charge in [0, 0.05) is 18.0 Å². The standard InChI is InChI=1S/C17H18N4O3/c1-4-10-13(5-2)20-24-16(10)18-15(22)14-11-8-6-7-9-12(11)17(23)21(3)19-14/h6-9H,4-5H2,1-3H3,(H,18,22). The number of fused-ring (bicyclic) bond motifs is 1. The van der Waals surface area contributed by atoms with Gasteiger partial charge in [0.1, 0.15) is 0 Å². The van der Waals surface area contributed by atoms with E-state index < -0.39 is 5.91 Å². The fraction of sp³-hybridized carbons (Fsp3) is 0.294. The number of benzene rings is 1. The first kappa shape index (κ1) is 15.9. The number of rotatable bonds is 4. The minimum Gasteiger partial charge on any atom is -0.338 e. The SMILES string of the molecule is CCc1noc(NC(=O)c2nn(C)c(=O)c3ccccc23)c1CC. The lowest BCUT2D eigenvalue weighted by atomic mass is 10.1. The number of carbonyl (C=O) groups excluding carboxylic acids is 1. The maximum Gasteiger partial charge on any atom is 0.279 e. The van der Waals surface area contributed by atoms with Crippen molar-refractivity contribution >= 4 is 22.6 Å². The van der Waals surface area contributed by atoms with E-state index in [-0.39, 0.29) is 11.3 Å². The van der Waals surface area contributed by atoms with Crippen molar-refractivity contribution in [3.8, 4) is 0 Å². The van der Waals surface area contributed by atoms with E-state index in [1.807, 2.05) is 13.8 Å². The number of anilines is 1. The number of amides is 1. The van der Waals surface area contributed by atoms with E-state index in [0.29, 0.717) is 23.1 Å². The quantitative estimate of drug-likeness (QED) is 0.794. The van der Waals surface area contributed by atoms with Crippen molar-refractivity contribution in [2.75, 3.05) is 5.32 Å².